The predicted octanol–water partition coefficient (Wildman–Crippen LogP) is 2.27. The first-order valence-corrected chi connectivity index (χ1v) is 8.00. The lowest BCUT2D eigenvalue weighted by molar-refractivity contribution is 0.100. The lowest BCUT2D eigenvalue weighted by Crippen LogP contribution is -2.11. The van der Waals surface area contributed by atoms with E-state index in [1.54, 1.807) is 31.4 Å². The minimum Gasteiger partial charge on any atom is -0.496 e. The van der Waals surface area contributed by atoms with Crippen LogP contribution in [0.2, 0.25) is 0 Å². The molecule has 0 saturated heterocycles. The van der Waals surface area contributed by atoms with E-state index < -0.39 is 11.7 Å². The molecule has 27 heavy (non-hydrogen) atoms. The van der Waals surface area contributed by atoms with Crippen LogP contribution in [0.3, 0.4) is 0 Å². The molecule has 0 atom stereocenters. The summed E-state index contributed by atoms with van der Waals surface area (Å²) in [7, 11) is 3.15. The summed E-state index contributed by atoms with van der Waals surface area (Å²) in [4.78, 5) is 16.0. The average molecular weight is 366 g/mol. The number of H-pyrrole nitrogens is 1. The molecule has 0 unspecified atom stereocenters. The van der Waals surface area contributed by atoms with Gasteiger partial charge in [-0.2, -0.15) is 10.2 Å². The van der Waals surface area contributed by atoms with Gasteiger partial charge in [-0.3, -0.25) is 19.6 Å². The fourth-order valence-electron chi connectivity index (χ4n) is 3.00. The molecule has 1 amide bonds. The van der Waals surface area contributed by atoms with E-state index in [0.717, 1.165) is 0 Å². The Morgan fingerprint density at radius 3 is 2.89 bits per heavy atom. The van der Waals surface area contributed by atoms with Crippen LogP contribution in [0, 0.1) is 5.82 Å². The number of nitrogens with two attached hydrogens (primary N) is 1. The van der Waals surface area contributed by atoms with Crippen LogP contribution in [-0.2, 0) is 7.05 Å². The third-order valence-corrected chi connectivity index (χ3v) is 4.22. The van der Waals surface area contributed by atoms with Crippen molar-refractivity contribution < 1.29 is 13.9 Å². The Kier molecular flexibility index (Phi) is 3.84. The highest BCUT2D eigenvalue weighted by atomic mass is 19.1. The third kappa shape index (κ3) is 2.69. The maximum absolute atomic E-state index is 14.4. The van der Waals surface area contributed by atoms with Crippen molar-refractivity contribution >= 4 is 16.8 Å². The number of methoxy groups -OCH3 is 1. The van der Waals surface area contributed by atoms with Gasteiger partial charge < -0.3 is 10.5 Å². The van der Waals surface area contributed by atoms with Gasteiger partial charge >= 0.3 is 0 Å². The highest BCUT2D eigenvalue weighted by Gasteiger charge is 2.21. The molecule has 0 aliphatic heterocycles. The van der Waals surface area contributed by atoms with Gasteiger partial charge in [0.2, 0.25) is 0 Å². The number of aromatic nitrogens is 5. The number of pyridine rings is 1. The number of nitrogens with zero attached hydrogens (tertiary/aromatic N) is 4. The van der Waals surface area contributed by atoms with Gasteiger partial charge in [-0.1, -0.05) is 6.07 Å². The zero-order chi connectivity index (χ0) is 19.1. The Hall–Kier alpha value is -3.75. The molecule has 0 bridgehead atoms. The molecule has 136 valence electrons. The van der Waals surface area contributed by atoms with E-state index in [2.05, 4.69) is 20.3 Å². The molecule has 0 aliphatic rings. The second-order valence-electron chi connectivity index (χ2n) is 5.93. The normalized spacial score (nSPS) is 11.1. The molecule has 3 N–H and O–H groups in total. The number of aromatic amines is 1. The van der Waals surface area contributed by atoms with Crippen LogP contribution >= 0.6 is 0 Å². The number of halogens is 1. The molecule has 0 saturated carbocycles. The first-order chi connectivity index (χ1) is 13.0. The standard InChI is InChI=1S/C18H15FN6O2/c1-25-8-10(18(20)26)17(24-25)16-9-6-12(21-7-13(9)22-23-16)15-11(19)4-3-5-14(15)27-2/h3-8H,1-2H3,(H2,20,26)(H,22,23). The second-order valence-corrected chi connectivity index (χ2v) is 5.93. The lowest BCUT2D eigenvalue weighted by atomic mass is 10.1. The van der Waals surface area contributed by atoms with E-state index in [-0.39, 0.29) is 11.1 Å². The summed E-state index contributed by atoms with van der Waals surface area (Å²) < 4.78 is 21.2. The highest BCUT2D eigenvalue weighted by molar-refractivity contribution is 6.03. The molecule has 0 radical (unpaired) electrons. The third-order valence-electron chi connectivity index (χ3n) is 4.22. The van der Waals surface area contributed by atoms with Crippen molar-refractivity contribution in [3.8, 4) is 28.4 Å². The van der Waals surface area contributed by atoms with Crippen molar-refractivity contribution in [3.63, 3.8) is 0 Å². The molecule has 8 nitrogen and oxygen atoms in total. The van der Waals surface area contributed by atoms with Crippen molar-refractivity contribution in [2.75, 3.05) is 7.11 Å². The molecule has 4 rings (SSSR count). The first-order valence-electron chi connectivity index (χ1n) is 8.00. The number of rotatable bonds is 4. The van der Waals surface area contributed by atoms with Crippen molar-refractivity contribution in [1.29, 1.82) is 0 Å². The summed E-state index contributed by atoms with van der Waals surface area (Å²) in [6.45, 7) is 0. The van der Waals surface area contributed by atoms with Crippen molar-refractivity contribution in [3.05, 3.63) is 48.0 Å². The molecular formula is C18H15FN6O2. The largest absolute Gasteiger partial charge is 0.496 e. The van der Waals surface area contributed by atoms with Crippen LogP contribution in [0.1, 0.15) is 10.4 Å². The van der Waals surface area contributed by atoms with E-state index >= 15 is 0 Å². The van der Waals surface area contributed by atoms with Gasteiger partial charge in [-0.15, -0.1) is 0 Å². The Bertz CT molecular complexity index is 1180. The number of carbonyl (C=O) groups excluding carboxylic acids is 1. The second kappa shape index (κ2) is 6.20. The maximum Gasteiger partial charge on any atom is 0.252 e. The minimum absolute atomic E-state index is 0.241. The number of aryl methyl sites for hydroxylation is 1. The van der Waals surface area contributed by atoms with E-state index in [1.807, 2.05) is 0 Å². The summed E-state index contributed by atoms with van der Waals surface area (Å²) in [5, 5.41) is 12.0. The van der Waals surface area contributed by atoms with Gasteiger partial charge in [0.1, 0.15) is 23.0 Å². The highest BCUT2D eigenvalue weighted by Crippen LogP contribution is 2.34. The molecule has 3 heterocycles. The van der Waals surface area contributed by atoms with E-state index in [1.165, 1.54) is 24.1 Å². The Balaban J connectivity index is 1.95. The van der Waals surface area contributed by atoms with Crippen LogP contribution in [0.15, 0.2) is 36.7 Å². The topological polar surface area (TPSA) is 112 Å². The van der Waals surface area contributed by atoms with E-state index in [9.17, 15) is 9.18 Å². The van der Waals surface area contributed by atoms with E-state index in [0.29, 0.717) is 33.7 Å². The number of amides is 1. The van der Waals surface area contributed by atoms with Crippen molar-refractivity contribution in [1.82, 2.24) is 25.0 Å². The Morgan fingerprint density at radius 2 is 2.15 bits per heavy atom. The fraction of sp³-hybridized carbons (Fsp3) is 0.111. The molecule has 0 aliphatic carbocycles. The van der Waals surface area contributed by atoms with Gasteiger partial charge in [0, 0.05) is 18.6 Å². The van der Waals surface area contributed by atoms with Gasteiger partial charge in [-0.05, 0) is 18.2 Å². The number of hydrogen-bond donors (Lipinski definition) is 2. The van der Waals surface area contributed by atoms with Gasteiger partial charge in [-0.25, -0.2) is 4.39 Å². The van der Waals surface area contributed by atoms with E-state index in [4.69, 9.17) is 10.5 Å². The number of ether oxygens (including phenoxy) is 1. The summed E-state index contributed by atoms with van der Waals surface area (Å²) in [5.41, 5.74) is 7.69. The Morgan fingerprint density at radius 1 is 1.33 bits per heavy atom. The minimum atomic E-state index is -0.612. The molecule has 0 spiro atoms. The molecule has 9 heteroatoms. The zero-order valence-electron chi connectivity index (χ0n) is 14.5. The zero-order valence-corrected chi connectivity index (χ0v) is 14.5. The van der Waals surface area contributed by atoms with Crippen molar-refractivity contribution in [2.24, 2.45) is 12.8 Å². The summed E-state index contributed by atoms with van der Waals surface area (Å²) in [6, 6.07) is 6.23. The van der Waals surface area contributed by atoms with Gasteiger partial charge in [0.05, 0.1) is 35.6 Å². The average Bonchev–Trinajstić information content (AvgIpc) is 3.24. The number of carbonyl (C=O) groups is 1. The monoisotopic (exact) mass is 366 g/mol. The molecule has 3 aromatic heterocycles. The molecule has 0 fully saturated rings. The molecule has 1 aromatic carbocycles. The number of benzene rings is 1. The van der Waals surface area contributed by atoms with Crippen LogP contribution < -0.4 is 10.5 Å². The summed E-state index contributed by atoms with van der Waals surface area (Å²) in [5.74, 6) is -0.705. The van der Waals surface area contributed by atoms with Crippen LogP contribution in [0.25, 0.3) is 33.5 Å². The fourth-order valence-corrected chi connectivity index (χ4v) is 3.00. The first kappa shape index (κ1) is 16.7. The quantitative estimate of drug-likeness (QED) is 0.575. The lowest BCUT2D eigenvalue weighted by Gasteiger charge is -2.09. The SMILES string of the molecule is COc1cccc(F)c1-c1cc2c(-c3nn(C)cc3C(N)=O)n[nH]c2cn1. The molecule has 4 aromatic rings. The van der Waals surface area contributed by atoms with Crippen molar-refractivity contribution in [2.45, 2.75) is 0 Å². The number of primary amides is 1. The van der Waals surface area contributed by atoms with Gasteiger partial charge in [0.15, 0.2) is 0 Å². The smallest absolute Gasteiger partial charge is 0.252 e. The van der Waals surface area contributed by atoms with Crippen LogP contribution in [-0.4, -0.2) is 38.0 Å². The number of fused-ring (bicyclic) bond motifs is 1. The van der Waals surface area contributed by atoms with Crippen LogP contribution in [0.5, 0.6) is 5.75 Å². The summed E-state index contributed by atoms with van der Waals surface area (Å²) >= 11 is 0. The maximum atomic E-state index is 14.4. The summed E-state index contributed by atoms with van der Waals surface area (Å²) in [6.07, 6.45) is 3.07. The Labute approximate surface area is 152 Å². The number of nitrogens with one attached hydrogen (secondary N) is 1. The van der Waals surface area contributed by atoms with Crippen LogP contribution in [0.4, 0.5) is 4.39 Å². The molecular weight excluding hydrogens is 351 g/mol. The number of hydrogen-bond acceptors (Lipinski definition) is 5. The predicted molar refractivity (Wildman–Crippen MR) is 96.6 cm³/mol. The van der Waals surface area contributed by atoms with Gasteiger partial charge in [0.25, 0.3) is 5.91 Å².